The standard InChI is InChI=1S/C3H9N2OS/c1-2-3-5-7(4)6/h3,5H,2,4H2,1H3. The van der Waals surface area contributed by atoms with Crippen LogP contribution in [-0.2, 0) is 11.5 Å². The number of rotatable bonds is 3. The first kappa shape index (κ1) is 7.23. The predicted octanol–water partition coefficient (Wildman–Crippen LogP) is -0.315. The Balaban J connectivity index is 2.68. The highest BCUT2D eigenvalue weighted by atomic mass is 32.2. The van der Waals surface area contributed by atoms with Crippen molar-refractivity contribution in [2.45, 2.75) is 13.3 Å². The van der Waals surface area contributed by atoms with Crippen molar-refractivity contribution >= 4 is 11.5 Å². The average molecular weight is 121 g/mol. The third-order valence-electron chi connectivity index (χ3n) is 0.404. The first-order valence-electron chi connectivity index (χ1n) is 2.01. The van der Waals surface area contributed by atoms with Crippen LogP contribution < -0.4 is 9.86 Å². The zero-order valence-corrected chi connectivity index (χ0v) is 4.99. The van der Waals surface area contributed by atoms with Gasteiger partial charge in [0.05, 0.1) is 6.54 Å². The van der Waals surface area contributed by atoms with E-state index in [0.29, 0.717) is 0 Å². The molecule has 0 rings (SSSR count). The molecule has 4 heteroatoms. The van der Waals surface area contributed by atoms with E-state index in [9.17, 15) is 4.55 Å². The maximum atomic E-state index is 9.95. The lowest BCUT2D eigenvalue weighted by Gasteiger charge is -1.99. The smallest absolute Gasteiger partial charge is 0.132 e. The molecule has 0 aromatic carbocycles. The van der Waals surface area contributed by atoms with Crippen molar-refractivity contribution in [1.82, 2.24) is 4.72 Å². The van der Waals surface area contributed by atoms with Crippen LogP contribution >= 0.6 is 0 Å². The van der Waals surface area contributed by atoms with Gasteiger partial charge in [0.15, 0.2) is 0 Å². The molecule has 0 amide bonds. The number of nitrogens with two attached hydrogens (primary N) is 1. The molecule has 0 aliphatic carbocycles. The minimum atomic E-state index is -1.37. The van der Waals surface area contributed by atoms with E-state index in [4.69, 9.17) is 5.14 Å². The maximum Gasteiger partial charge on any atom is 0.132 e. The van der Waals surface area contributed by atoms with Gasteiger partial charge in [-0.1, -0.05) is 6.92 Å². The summed E-state index contributed by atoms with van der Waals surface area (Å²) in [5.41, 5.74) is 0. The number of hydrogen-bond acceptors (Lipinski definition) is 3. The SMILES string of the molecule is CC[CH]N[S+](N)[O-]. The van der Waals surface area contributed by atoms with Crippen LogP contribution in [0.15, 0.2) is 0 Å². The maximum absolute atomic E-state index is 9.95. The predicted molar refractivity (Wildman–Crippen MR) is 30.1 cm³/mol. The molecule has 7 heavy (non-hydrogen) atoms. The van der Waals surface area contributed by atoms with E-state index in [-0.39, 0.29) is 0 Å². The fraction of sp³-hybridized carbons (Fsp3) is 0.667. The van der Waals surface area contributed by atoms with Crippen LogP contribution in [-0.4, -0.2) is 4.55 Å². The van der Waals surface area contributed by atoms with Crippen molar-refractivity contribution in [1.29, 1.82) is 0 Å². The highest BCUT2D eigenvalue weighted by Gasteiger charge is 1.91. The molecule has 3 nitrogen and oxygen atoms in total. The van der Waals surface area contributed by atoms with Crippen LogP contribution in [0.1, 0.15) is 13.3 Å². The van der Waals surface area contributed by atoms with Crippen LogP contribution in [0.3, 0.4) is 0 Å². The highest BCUT2D eigenvalue weighted by molar-refractivity contribution is 7.87. The van der Waals surface area contributed by atoms with Crippen molar-refractivity contribution in [3.8, 4) is 0 Å². The Morgan fingerprint density at radius 2 is 2.57 bits per heavy atom. The summed E-state index contributed by atoms with van der Waals surface area (Å²) >= 11 is -1.37. The second-order valence-electron chi connectivity index (χ2n) is 1.03. The van der Waals surface area contributed by atoms with Gasteiger partial charge in [0, 0.05) is 0 Å². The molecule has 0 aliphatic rings. The Kier molecular flexibility index (Phi) is 4.53. The summed E-state index contributed by atoms with van der Waals surface area (Å²) in [5, 5.41) is 4.81. The van der Waals surface area contributed by atoms with Gasteiger partial charge in [0.25, 0.3) is 0 Å². The molecule has 0 aromatic rings. The van der Waals surface area contributed by atoms with E-state index in [1.807, 2.05) is 6.92 Å². The third-order valence-corrected chi connectivity index (χ3v) is 0.803. The summed E-state index contributed by atoms with van der Waals surface area (Å²) in [5.74, 6) is 0. The first-order valence-corrected chi connectivity index (χ1v) is 3.22. The van der Waals surface area contributed by atoms with Crippen molar-refractivity contribution in [2.24, 2.45) is 5.14 Å². The fourth-order valence-corrected chi connectivity index (χ4v) is 0.496. The Labute approximate surface area is 46.7 Å². The fourth-order valence-electron chi connectivity index (χ4n) is 0.165. The van der Waals surface area contributed by atoms with Gasteiger partial charge < -0.3 is 4.55 Å². The van der Waals surface area contributed by atoms with Crippen LogP contribution in [0.5, 0.6) is 0 Å². The third kappa shape index (κ3) is 6.23. The van der Waals surface area contributed by atoms with Gasteiger partial charge in [0.2, 0.25) is 0 Å². The van der Waals surface area contributed by atoms with Crippen molar-refractivity contribution < 1.29 is 4.55 Å². The normalized spacial score (nSPS) is 14.1. The van der Waals surface area contributed by atoms with E-state index in [0.717, 1.165) is 6.42 Å². The van der Waals surface area contributed by atoms with Gasteiger partial charge in [-0.15, -0.1) is 9.86 Å². The van der Waals surface area contributed by atoms with Crippen molar-refractivity contribution in [3.05, 3.63) is 6.54 Å². The average Bonchev–Trinajstić information content (AvgIpc) is 1.61. The Morgan fingerprint density at radius 1 is 2.00 bits per heavy atom. The van der Waals surface area contributed by atoms with E-state index < -0.39 is 11.5 Å². The molecule has 3 N–H and O–H groups in total. The number of hydrogen-bond donors (Lipinski definition) is 2. The molecule has 0 heterocycles. The molecule has 0 aromatic heterocycles. The van der Waals surface area contributed by atoms with Crippen LogP contribution in [0, 0.1) is 6.54 Å². The van der Waals surface area contributed by atoms with Gasteiger partial charge >= 0.3 is 0 Å². The number of nitrogens with one attached hydrogen (secondary N) is 1. The summed E-state index contributed by atoms with van der Waals surface area (Å²) in [6, 6.07) is 0. The van der Waals surface area contributed by atoms with Gasteiger partial charge in [-0.05, 0) is 6.42 Å². The largest absolute Gasteiger partial charge is 0.579 e. The minimum Gasteiger partial charge on any atom is -0.579 e. The molecule has 0 saturated heterocycles. The molecule has 43 valence electrons. The lowest BCUT2D eigenvalue weighted by molar-refractivity contribution is 0.587. The van der Waals surface area contributed by atoms with Crippen LogP contribution in [0.4, 0.5) is 0 Å². The molecule has 0 fully saturated rings. The molecule has 1 atom stereocenters. The Hall–Kier alpha value is 0.230. The zero-order chi connectivity index (χ0) is 5.70. The van der Waals surface area contributed by atoms with Gasteiger partial charge in [-0.25, -0.2) is 0 Å². The van der Waals surface area contributed by atoms with E-state index >= 15 is 0 Å². The van der Waals surface area contributed by atoms with E-state index in [2.05, 4.69) is 4.72 Å². The molecular formula is C3H9N2OS. The topological polar surface area (TPSA) is 61.1 Å². The molecule has 0 spiro atoms. The Bertz CT molecular complexity index is 41.9. The lowest BCUT2D eigenvalue weighted by Crippen LogP contribution is -2.28. The highest BCUT2D eigenvalue weighted by Crippen LogP contribution is 1.78. The lowest BCUT2D eigenvalue weighted by atomic mass is 10.5. The molecule has 1 radical (unpaired) electrons. The van der Waals surface area contributed by atoms with Gasteiger partial charge in [0.1, 0.15) is 11.5 Å². The summed E-state index contributed by atoms with van der Waals surface area (Å²) in [6.07, 6.45) is 0.836. The molecule has 0 saturated carbocycles. The Morgan fingerprint density at radius 3 is 2.71 bits per heavy atom. The van der Waals surface area contributed by atoms with E-state index in [1.165, 1.54) is 0 Å². The van der Waals surface area contributed by atoms with Crippen molar-refractivity contribution in [3.63, 3.8) is 0 Å². The second kappa shape index (κ2) is 4.39. The first-order chi connectivity index (χ1) is 3.27. The van der Waals surface area contributed by atoms with Crippen LogP contribution in [0.25, 0.3) is 0 Å². The summed E-state index contributed by atoms with van der Waals surface area (Å²) < 4.78 is 12.4. The van der Waals surface area contributed by atoms with Gasteiger partial charge in [-0.2, -0.15) is 0 Å². The van der Waals surface area contributed by atoms with Crippen molar-refractivity contribution in [2.75, 3.05) is 0 Å². The zero-order valence-electron chi connectivity index (χ0n) is 4.18. The van der Waals surface area contributed by atoms with Crippen LogP contribution in [0.2, 0.25) is 0 Å². The molecule has 0 aliphatic heterocycles. The summed E-state index contributed by atoms with van der Waals surface area (Å²) in [4.78, 5) is 0. The minimum absolute atomic E-state index is 0.836. The molecule has 1 unspecified atom stereocenters. The second-order valence-corrected chi connectivity index (χ2v) is 1.86. The quantitative estimate of drug-likeness (QED) is 0.503. The molecule has 0 bridgehead atoms. The molecular weight excluding hydrogens is 112 g/mol. The van der Waals surface area contributed by atoms with E-state index in [1.54, 1.807) is 6.54 Å². The summed E-state index contributed by atoms with van der Waals surface area (Å²) in [6.45, 7) is 3.58. The summed E-state index contributed by atoms with van der Waals surface area (Å²) in [7, 11) is 0. The monoisotopic (exact) mass is 121 g/mol. The van der Waals surface area contributed by atoms with Gasteiger partial charge in [-0.3, -0.25) is 0 Å².